The quantitative estimate of drug-likeness (QED) is 0.868. The van der Waals surface area contributed by atoms with Crippen LogP contribution in [-0.4, -0.2) is 45.0 Å². The van der Waals surface area contributed by atoms with Crippen LogP contribution < -0.4 is 5.32 Å². The molecule has 2 amide bonds. The fourth-order valence-corrected chi connectivity index (χ4v) is 1.91. The van der Waals surface area contributed by atoms with E-state index >= 15 is 0 Å². The second-order valence-electron chi connectivity index (χ2n) is 4.93. The van der Waals surface area contributed by atoms with Gasteiger partial charge in [-0.1, -0.05) is 6.07 Å². The normalized spacial score (nSPS) is 10.6. The van der Waals surface area contributed by atoms with Gasteiger partial charge in [0.25, 0.3) is 0 Å². The lowest BCUT2D eigenvalue weighted by atomic mass is 10.3. The number of hydrogen-bond acceptors (Lipinski definition) is 3. The highest BCUT2D eigenvalue weighted by molar-refractivity contribution is 5.74. The molecule has 0 spiro atoms. The minimum Gasteiger partial charge on any atom is -0.481 e. The van der Waals surface area contributed by atoms with Crippen molar-refractivity contribution >= 4 is 17.6 Å². The van der Waals surface area contributed by atoms with Crippen molar-refractivity contribution in [1.29, 1.82) is 0 Å². The Hall–Kier alpha value is -2.57. The Morgan fingerprint density at radius 1 is 1.38 bits per heavy atom. The second kappa shape index (κ2) is 6.25. The highest BCUT2D eigenvalue weighted by Crippen LogP contribution is 2.07. The predicted octanol–water partition coefficient (Wildman–Crippen LogP) is 1.26. The molecule has 0 atom stereocenters. The number of amides is 2. The van der Waals surface area contributed by atoms with Crippen LogP contribution in [0.2, 0.25) is 0 Å². The van der Waals surface area contributed by atoms with Crippen LogP contribution in [0.1, 0.15) is 17.7 Å². The number of aliphatic carboxylic acids is 1. The van der Waals surface area contributed by atoms with E-state index in [1.807, 2.05) is 35.9 Å². The zero-order chi connectivity index (χ0) is 15.4. The molecule has 2 rings (SSSR count). The number of nitrogens with one attached hydrogen (secondary N) is 1. The van der Waals surface area contributed by atoms with Crippen molar-refractivity contribution in [3.63, 3.8) is 0 Å². The Morgan fingerprint density at radius 3 is 2.86 bits per heavy atom. The standard InChI is InChI=1S/C14H18N4O3/c1-10-3-4-12-16-11(9-18(12)8-10)7-15-14(21)17(2)6-5-13(19)20/h3-4,8-9H,5-7H2,1-2H3,(H,15,21)(H,19,20). The second-order valence-corrected chi connectivity index (χ2v) is 4.93. The zero-order valence-electron chi connectivity index (χ0n) is 12.0. The van der Waals surface area contributed by atoms with Gasteiger partial charge in [0.1, 0.15) is 5.65 Å². The Morgan fingerprint density at radius 2 is 2.14 bits per heavy atom. The topological polar surface area (TPSA) is 86.9 Å². The molecule has 2 aromatic rings. The van der Waals surface area contributed by atoms with Gasteiger partial charge in [0.15, 0.2) is 0 Å². The van der Waals surface area contributed by atoms with Crippen molar-refractivity contribution in [2.24, 2.45) is 0 Å². The van der Waals surface area contributed by atoms with Crippen molar-refractivity contribution in [3.8, 4) is 0 Å². The van der Waals surface area contributed by atoms with Gasteiger partial charge in [-0.25, -0.2) is 9.78 Å². The Labute approximate surface area is 122 Å². The molecule has 0 unspecified atom stereocenters. The molecule has 0 aliphatic heterocycles. The number of fused-ring (bicyclic) bond motifs is 1. The van der Waals surface area contributed by atoms with E-state index < -0.39 is 5.97 Å². The molecule has 112 valence electrons. The van der Waals surface area contributed by atoms with Crippen LogP contribution in [0.15, 0.2) is 24.5 Å². The van der Waals surface area contributed by atoms with E-state index in [0.717, 1.165) is 16.9 Å². The number of aryl methyl sites for hydroxylation is 1. The first-order valence-electron chi connectivity index (χ1n) is 6.60. The Kier molecular flexibility index (Phi) is 4.42. The van der Waals surface area contributed by atoms with E-state index in [-0.39, 0.29) is 19.0 Å². The summed E-state index contributed by atoms with van der Waals surface area (Å²) < 4.78 is 1.91. The smallest absolute Gasteiger partial charge is 0.317 e. The Bertz CT molecular complexity index is 665. The first-order valence-corrected chi connectivity index (χ1v) is 6.60. The molecule has 2 heterocycles. The van der Waals surface area contributed by atoms with Crippen molar-refractivity contribution in [3.05, 3.63) is 35.8 Å². The maximum Gasteiger partial charge on any atom is 0.317 e. The van der Waals surface area contributed by atoms with Crippen LogP contribution >= 0.6 is 0 Å². The molecule has 0 aromatic carbocycles. The van der Waals surface area contributed by atoms with Gasteiger partial charge < -0.3 is 19.7 Å². The minimum absolute atomic E-state index is 0.0719. The number of imidazole rings is 1. The van der Waals surface area contributed by atoms with Gasteiger partial charge in [0.2, 0.25) is 0 Å². The third kappa shape index (κ3) is 3.95. The molecular weight excluding hydrogens is 272 g/mol. The number of aromatic nitrogens is 2. The fourth-order valence-electron chi connectivity index (χ4n) is 1.91. The summed E-state index contributed by atoms with van der Waals surface area (Å²) in [6.07, 6.45) is 3.75. The summed E-state index contributed by atoms with van der Waals surface area (Å²) >= 11 is 0. The predicted molar refractivity (Wildman–Crippen MR) is 77.0 cm³/mol. The van der Waals surface area contributed by atoms with Crippen molar-refractivity contribution in [2.75, 3.05) is 13.6 Å². The van der Waals surface area contributed by atoms with E-state index in [1.54, 1.807) is 7.05 Å². The maximum absolute atomic E-state index is 11.8. The molecule has 0 radical (unpaired) electrons. The molecule has 7 nitrogen and oxygen atoms in total. The van der Waals surface area contributed by atoms with E-state index in [9.17, 15) is 9.59 Å². The molecule has 0 aliphatic rings. The summed E-state index contributed by atoms with van der Waals surface area (Å²) in [6.45, 7) is 2.47. The van der Waals surface area contributed by atoms with Gasteiger partial charge in [0.05, 0.1) is 18.7 Å². The van der Waals surface area contributed by atoms with Gasteiger partial charge in [-0.3, -0.25) is 4.79 Å². The summed E-state index contributed by atoms with van der Waals surface area (Å²) in [5.74, 6) is -0.926. The molecule has 7 heteroatoms. The molecule has 0 aliphatic carbocycles. The van der Waals surface area contributed by atoms with Crippen LogP contribution in [0.25, 0.3) is 5.65 Å². The number of rotatable bonds is 5. The number of carboxylic acids is 1. The van der Waals surface area contributed by atoms with E-state index in [2.05, 4.69) is 10.3 Å². The van der Waals surface area contributed by atoms with Crippen molar-refractivity contribution in [2.45, 2.75) is 19.9 Å². The molecule has 2 N–H and O–H groups in total. The third-order valence-electron chi connectivity index (χ3n) is 3.08. The van der Waals surface area contributed by atoms with Crippen molar-refractivity contribution in [1.82, 2.24) is 19.6 Å². The number of urea groups is 1. The van der Waals surface area contributed by atoms with Gasteiger partial charge >= 0.3 is 12.0 Å². The number of hydrogen-bond donors (Lipinski definition) is 2. The van der Waals surface area contributed by atoms with Gasteiger partial charge in [-0.15, -0.1) is 0 Å². The summed E-state index contributed by atoms with van der Waals surface area (Å²) in [5, 5.41) is 11.3. The first kappa shape index (κ1) is 14.8. The molecule has 0 bridgehead atoms. The van der Waals surface area contributed by atoms with Crippen LogP contribution in [0.5, 0.6) is 0 Å². The lowest BCUT2D eigenvalue weighted by molar-refractivity contribution is -0.137. The SMILES string of the molecule is Cc1ccc2nc(CNC(=O)N(C)CCC(=O)O)cn2c1. The summed E-state index contributed by atoms with van der Waals surface area (Å²) in [4.78, 5) is 28.0. The van der Waals surface area contributed by atoms with Crippen LogP contribution in [0.3, 0.4) is 0 Å². The third-order valence-corrected chi connectivity index (χ3v) is 3.08. The molecule has 2 aromatic heterocycles. The molecule has 0 saturated heterocycles. The molecule has 21 heavy (non-hydrogen) atoms. The highest BCUT2D eigenvalue weighted by atomic mass is 16.4. The monoisotopic (exact) mass is 290 g/mol. The van der Waals surface area contributed by atoms with Gasteiger partial charge in [0, 0.05) is 26.0 Å². The first-order chi connectivity index (χ1) is 9.95. The Balaban J connectivity index is 1.91. The number of carboxylic acid groups (broad SMARTS) is 1. The average molecular weight is 290 g/mol. The number of nitrogens with zero attached hydrogens (tertiary/aromatic N) is 3. The molecule has 0 saturated carbocycles. The number of carbonyl (C=O) groups is 2. The largest absolute Gasteiger partial charge is 0.481 e. The maximum atomic E-state index is 11.8. The fraction of sp³-hybridized carbons (Fsp3) is 0.357. The van der Waals surface area contributed by atoms with E-state index in [1.165, 1.54) is 4.90 Å². The number of pyridine rings is 1. The van der Waals surface area contributed by atoms with Crippen LogP contribution in [0, 0.1) is 6.92 Å². The van der Waals surface area contributed by atoms with Gasteiger partial charge in [-0.05, 0) is 18.6 Å². The lowest BCUT2D eigenvalue weighted by Crippen LogP contribution is -2.38. The van der Waals surface area contributed by atoms with Crippen LogP contribution in [-0.2, 0) is 11.3 Å². The summed E-state index contributed by atoms with van der Waals surface area (Å²) in [7, 11) is 1.56. The lowest BCUT2D eigenvalue weighted by Gasteiger charge is -2.16. The van der Waals surface area contributed by atoms with Crippen molar-refractivity contribution < 1.29 is 14.7 Å². The molecular formula is C14H18N4O3. The molecule has 0 fully saturated rings. The van der Waals surface area contributed by atoms with E-state index in [4.69, 9.17) is 5.11 Å². The zero-order valence-corrected chi connectivity index (χ0v) is 12.0. The van der Waals surface area contributed by atoms with Gasteiger partial charge in [-0.2, -0.15) is 0 Å². The average Bonchev–Trinajstić information content (AvgIpc) is 2.83. The van der Waals surface area contributed by atoms with Crippen LogP contribution in [0.4, 0.5) is 4.79 Å². The van der Waals surface area contributed by atoms with E-state index in [0.29, 0.717) is 6.54 Å². The number of carbonyl (C=O) groups excluding carboxylic acids is 1. The summed E-state index contributed by atoms with van der Waals surface area (Å²) in [6, 6.07) is 3.58. The summed E-state index contributed by atoms with van der Waals surface area (Å²) in [5.41, 5.74) is 2.70. The highest BCUT2D eigenvalue weighted by Gasteiger charge is 2.10. The minimum atomic E-state index is -0.926.